The molecule has 0 atom stereocenters. The molecule has 2 heteroatoms. The molecule has 0 aromatic heterocycles. The molecule has 0 saturated heterocycles. The summed E-state index contributed by atoms with van der Waals surface area (Å²) in [5, 5.41) is 0. The van der Waals surface area contributed by atoms with Crippen molar-refractivity contribution in [2.24, 2.45) is 0 Å². The Labute approximate surface area is 78.5 Å². The van der Waals surface area contributed by atoms with Crippen LogP contribution in [-0.4, -0.2) is 19.9 Å². The second kappa shape index (κ2) is 3.90. The summed E-state index contributed by atoms with van der Waals surface area (Å²) in [5.74, 6) is -0.0368. The van der Waals surface area contributed by atoms with Gasteiger partial charge in [0, 0.05) is 25.3 Å². The van der Waals surface area contributed by atoms with Crippen LogP contribution in [0.3, 0.4) is 0 Å². The van der Waals surface area contributed by atoms with Gasteiger partial charge in [0.2, 0.25) is 0 Å². The minimum Gasteiger partial charge on any atom is -0.378 e. The number of hydrogen-bond acceptors (Lipinski definition) is 2. The van der Waals surface area contributed by atoms with E-state index in [1.54, 1.807) is 12.1 Å². The maximum Gasteiger partial charge on any atom is 0.185 e. The second-order valence-electron chi connectivity index (χ2n) is 3.01. The number of rotatable bonds is 3. The van der Waals surface area contributed by atoms with Crippen LogP contribution < -0.4 is 4.90 Å². The molecule has 0 aliphatic heterocycles. The van der Waals surface area contributed by atoms with Gasteiger partial charge in [0.25, 0.3) is 0 Å². The van der Waals surface area contributed by atoms with Crippen LogP contribution >= 0.6 is 0 Å². The maximum absolute atomic E-state index is 11.2. The fourth-order valence-electron chi connectivity index (χ4n) is 1.04. The average Bonchev–Trinajstić information content (AvgIpc) is 2.17. The van der Waals surface area contributed by atoms with Gasteiger partial charge in [-0.3, -0.25) is 4.79 Å². The average molecular weight is 175 g/mol. The first kappa shape index (κ1) is 9.52. The molecule has 0 unspecified atom stereocenters. The number of benzene rings is 1. The highest BCUT2D eigenvalue weighted by Crippen LogP contribution is 2.12. The molecule has 2 nitrogen and oxygen atoms in total. The molecule has 0 aliphatic carbocycles. The predicted molar refractivity (Wildman–Crippen MR) is 55.3 cm³/mol. The van der Waals surface area contributed by atoms with Gasteiger partial charge in [-0.1, -0.05) is 6.58 Å². The van der Waals surface area contributed by atoms with Crippen LogP contribution in [0.2, 0.25) is 0 Å². The lowest BCUT2D eigenvalue weighted by atomic mass is 10.1. The smallest absolute Gasteiger partial charge is 0.185 e. The highest BCUT2D eigenvalue weighted by molar-refractivity contribution is 6.04. The predicted octanol–water partition coefficient (Wildman–Crippen LogP) is 2.12. The maximum atomic E-state index is 11.2. The molecule has 0 heterocycles. The molecular formula is C11H13NO. The SMILES string of the molecule is C=CC(=O)c1ccc(N(C)C)cc1. The van der Waals surface area contributed by atoms with Crippen molar-refractivity contribution in [2.75, 3.05) is 19.0 Å². The Bertz CT molecular complexity index is 311. The van der Waals surface area contributed by atoms with E-state index in [1.807, 2.05) is 31.1 Å². The molecule has 1 aromatic rings. The minimum absolute atomic E-state index is 0.0368. The summed E-state index contributed by atoms with van der Waals surface area (Å²) in [4.78, 5) is 13.2. The highest BCUT2D eigenvalue weighted by Gasteiger charge is 2.00. The number of carbonyl (C=O) groups is 1. The zero-order chi connectivity index (χ0) is 9.84. The van der Waals surface area contributed by atoms with Crippen LogP contribution in [0, 0.1) is 0 Å². The molecule has 0 saturated carbocycles. The van der Waals surface area contributed by atoms with Crippen molar-refractivity contribution in [3.8, 4) is 0 Å². The molecule has 0 N–H and O–H groups in total. The zero-order valence-electron chi connectivity index (χ0n) is 7.95. The Kier molecular flexibility index (Phi) is 2.85. The Hall–Kier alpha value is -1.57. The number of hydrogen-bond donors (Lipinski definition) is 0. The van der Waals surface area contributed by atoms with E-state index in [4.69, 9.17) is 0 Å². The molecule has 1 rings (SSSR count). The Morgan fingerprint density at radius 3 is 2.23 bits per heavy atom. The van der Waals surface area contributed by atoms with E-state index in [9.17, 15) is 4.79 Å². The lowest BCUT2D eigenvalue weighted by Gasteiger charge is -2.11. The fraction of sp³-hybridized carbons (Fsp3) is 0.182. The van der Waals surface area contributed by atoms with Gasteiger partial charge in [0.15, 0.2) is 5.78 Å². The first-order valence-corrected chi connectivity index (χ1v) is 4.09. The molecule has 0 fully saturated rings. The number of nitrogens with zero attached hydrogens (tertiary/aromatic N) is 1. The van der Waals surface area contributed by atoms with Crippen molar-refractivity contribution in [3.05, 3.63) is 42.5 Å². The first-order chi connectivity index (χ1) is 6.15. The lowest BCUT2D eigenvalue weighted by molar-refractivity contribution is 0.104. The number of ketones is 1. The number of carbonyl (C=O) groups excluding carboxylic acids is 1. The van der Waals surface area contributed by atoms with E-state index in [2.05, 4.69) is 6.58 Å². The van der Waals surface area contributed by atoms with Gasteiger partial charge in [-0.15, -0.1) is 0 Å². The lowest BCUT2D eigenvalue weighted by Crippen LogP contribution is -2.08. The molecule has 13 heavy (non-hydrogen) atoms. The highest BCUT2D eigenvalue weighted by atomic mass is 16.1. The van der Waals surface area contributed by atoms with Gasteiger partial charge in [0.05, 0.1) is 0 Å². The molecule has 0 amide bonds. The molecule has 0 bridgehead atoms. The summed E-state index contributed by atoms with van der Waals surface area (Å²) in [6.45, 7) is 3.43. The van der Waals surface area contributed by atoms with Gasteiger partial charge >= 0.3 is 0 Å². The minimum atomic E-state index is -0.0368. The first-order valence-electron chi connectivity index (χ1n) is 4.09. The van der Waals surface area contributed by atoms with Crippen molar-refractivity contribution in [3.63, 3.8) is 0 Å². The van der Waals surface area contributed by atoms with Crippen LogP contribution in [0.25, 0.3) is 0 Å². The monoisotopic (exact) mass is 175 g/mol. The van der Waals surface area contributed by atoms with E-state index in [0.29, 0.717) is 5.56 Å². The quantitative estimate of drug-likeness (QED) is 0.518. The molecule has 0 radical (unpaired) electrons. The third kappa shape index (κ3) is 2.18. The third-order valence-corrected chi connectivity index (χ3v) is 1.85. The van der Waals surface area contributed by atoms with Crippen LogP contribution in [0.1, 0.15) is 10.4 Å². The normalized spacial score (nSPS) is 9.38. The Balaban J connectivity index is 2.93. The Morgan fingerprint density at radius 1 is 1.31 bits per heavy atom. The van der Waals surface area contributed by atoms with Gasteiger partial charge < -0.3 is 4.90 Å². The van der Waals surface area contributed by atoms with Crippen molar-refractivity contribution >= 4 is 11.5 Å². The van der Waals surface area contributed by atoms with Crippen LogP contribution in [0.4, 0.5) is 5.69 Å². The second-order valence-corrected chi connectivity index (χ2v) is 3.01. The van der Waals surface area contributed by atoms with Crippen LogP contribution in [0.5, 0.6) is 0 Å². The van der Waals surface area contributed by atoms with Gasteiger partial charge in [-0.05, 0) is 30.3 Å². The fourth-order valence-corrected chi connectivity index (χ4v) is 1.04. The van der Waals surface area contributed by atoms with E-state index < -0.39 is 0 Å². The third-order valence-electron chi connectivity index (χ3n) is 1.85. The molecule has 68 valence electrons. The van der Waals surface area contributed by atoms with Gasteiger partial charge in [0.1, 0.15) is 0 Å². The largest absolute Gasteiger partial charge is 0.378 e. The molecule has 0 aliphatic rings. The van der Waals surface area contributed by atoms with Crippen molar-refractivity contribution in [2.45, 2.75) is 0 Å². The zero-order valence-corrected chi connectivity index (χ0v) is 7.95. The number of anilines is 1. The van der Waals surface area contributed by atoms with E-state index in [1.165, 1.54) is 6.08 Å². The topological polar surface area (TPSA) is 20.3 Å². The van der Waals surface area contributed by atoms with E-state index in [-0.39, 0.29) is 5.78 Å². The summed E-state index contributed by atoms with van der Waals surface area (Å²) in [5.41, 5.74) is 1.77. The molecule has 1 aromatic carbocycles. The molecule has 0 spiro atoms. The van der Waals surface area contributed by atoms with Crippen molar-refractivity contribution in [1.82, 2.24) is 0 Å². The summed E-state index contributed by atoms with van der Waals surface area (Å²) >= 11 is 0. The van der Waals surface area contributed by atoms with Crippen LogP contribution in [0.15, 0.2) is 36.9 Å². The van der Waals surface area contributed by atoms with Gasteiger partial charge in [-0.25, -0.2) is 0 Å². The van der Waals surface area contributed by atoms with Crippen LogP contribution in [-0.2, 0) is 0 Å². The summed E-state index contributed by atoms with van der Waals surface area (Å²) in [6, 6.07) is 7.44. The number of allylic oxidation sites excluding steroid dienone is 1. The van der Waals surface area contributed by atoms with E-state index in [0.717, 1.165) is 5.69 Å². The van der Waals surface area contributed by atoms with Gasteiger partial charge in [-0.2, -0.15) is 0 Å². The summed E-state index contributed by atoms with van der Waals surface area (Å²) in [6.07, 6.45) is 1.32. The standard InChI is InChI=1S/C11H13NO/c1-4-11(13)9-5-7-10(8-6-9)12(2)3/h4-8H,1H2,2-3H3. The van der Waals surface area contributed by atoms with Crippen molar-refractivity contribution in [1.29, 1.82) is 0 Å². The summed E-state index contributed by atoms with van der Waals surface area (Å²) in [7, 11) is 3.93. The molecular weight excluding hydrogens is 162 g/mol. The Morgan fingerprint density at radius 2 is 1.85 bits per heavy atom. The van der Waals surface area contributed by atoms with E-state index >= 15 is 0 Å². The van der Waals surface area contributed by atoms with Crippen molar-refractivity contribution < 1.29 is 4.79 Å². The summed E-state index contributed by atoms with van der Waals surface area (Å²) < 4.78 is 0.